The Bertz CT molecular complexity index is 458. The normalized spacial score (nSPS) is 12.7. The van der Waals surface area contributed by atoms with Crippen LogP contribution in [0.3, 0.4) is 0 Å². The molecule has 0 amide bonds. The Kier molecular flexibility index (Phi) is 5.90. The van der Waals surface area contributed by atoms with Gasteiger partial charge in [0.2, 0.25) is 0 Å². The Hall–Kier alpha value is -0.980. The molecule has 0 aromatic heterocycles. The highest BCUT2D eigenvalue weighted by atomic mass is 16.3. The Morgan fingerprint density at radius 2 is 1.48 bits per heavy atom. The lowest BCUT2D eigenvalue weighted by atomic mass is 9.76. The third-order valence-electron chi connectivity index (χ3n) is 4.12. The van der Waals surface area contributed by atoms with E-state index in [1.807, 2.05) is 0 Å². The summed E-state index contributed by atoms with van der Waals surface area (Å²) >= 11 is 0. The number of hydrogen-bond acceptors (Lipinski definition) is 1. The lowest BCUT2D eigenvalue weighted by Gasteiger charge is -2.29. The van der Waals surface area contributed by atoms with Crippen molar-refractivity contribution in [3.63, 3.8) is 0 Å². The molecule has 0 unspecified atom stereocenters. The standard InChI is InChI=1S/C20H34O/c1-8-9-10-11-12-15-13-14-16(19(2,3)4)18(21)17(15)20(5,6)7/h13-14,21H,8-12H2,1-7H3. The van der Waals surface area contributed by atoms with Crippen molar-refractivity contribution in [3.05, 3.63) is 28.8 Å². The zero-order chi connectivity index (χ0) is 16.3. The van der Waals surface area contributed by atoms with Crippen LogP contribution < -0.4 is 0 Å². The fourth-order valence-electron chi connectivity index (χ4n) is 3.03. The second-order valence-corrected chi connectivity index (χ2v) is 8.31. The Balaban J connectivity index is 3.18. The number of rotatable bonds is 5. The predicted octanol–water partition coefficient (Wildman–Crippen LogP) is 6.11. The molecule has 1 N–H and O–H groups in total. The number of unbranched alkanes of at least 4 members (excludes halogenated alkanes) is 3. The average molecular weight is 290 g/mol. The van der Waals surface area contributed by atoms with E-state index in [2.05, 4.69) is 60.6 Å². The van der Waals surface area contributed by atoms with Gasteiger partial charge in [-0.3, -0.25) is 0 Å². The van der Waals surface area contributed by atoms with Crippen LogP contribution in [-0.2, 0) is 17.3 Å². The van der Waals surface area contributed by atoms with Crippen molar-refractivity contribution in [1.29, 1.82) is 0 Å². The number of phenolic OH excluding ortho intramolecular Hbond substituents is 1. The molecule has 1 heteroatoms. The van der Waals surface area contributed by atoms with Crippen LogP contribution in [-0.4, -0.2) is 5.11 Å². The predicted molar refractivity (Wildman–Crippen MR) is 93.4 cm³/mol. The first kappa shape index (κ1) is 18.1. The number of aryl methyl sites for hydroxylation is 1. The van der Waals surface area contributed by atoms with Gasteiger partial charge in [-0.25, -0.2) is 0 Å². The fourth-order valence-corrected chi connectivity index (χ4v) is 3.03. The van der Waals surface area contributed by atoms with Crippen LogP contribution in [0.15, 0.2) is 12.1 Å². The molecule has 1 aromatic carbocycles. The molecule has 0 bridgehead atoms. The summed E-state index contributed by atoms with van der Waals surface area (Å²) in [6.45, 7) is 15.3. The fraction of sp³-hybridized carbons (Fsp3) is 0.700. The van der Waals surface area contributed by atoms with Crippen molar-refractivity contribution in [2.24, 2.45) is 0 Å². The number of phenols is 1. The van der Waals surface area contributed by atoms with Gasteiger partial charge in [-0.15, -0.1) is 0 Å². The number of aromatic hydroxyl groups is 1. The van der Waals surface area contributed by atoms with Crippen molar-refractivity contribution in [1.82, 2.24) is 0 Å². The van der Waals surface area contributed by atoms with Gasteiger partial charge in [0, 0.05) is 5.56 Å². The molecule has 0 aliphatic heterocycles. The summed E-state index contributed by atoms with van der Waals surface area (Å²) in [6.07, 6.45) is 6.13. The molecule has 1 nitrogen and oxygen atoms in total. The van der Waals surface area contributed by atoms with Crippen molar-refractivity contribution in [2.45, 2.75) is 91.4 Å². The first-order chi connectivity index (χ1) is 9.59. The maximum absolute atomic E-state index is 10.8. The van der Waals surface area contributed by atoms with Gasteiger partial charge in [0.05, 0.1) is 0 Å². The molecule has 0 spiro atoms. The van der Waals surface area contributed by atoms with E-state index >= 15 is 0 Å². The second kappa shape index (κ2) is 6.85. The largest absolute Gasteiger partial charge is 0.507 e. The molecular weight excluding hydrogens is 256 g/mol. The summed E-state index contributed by atoms with van der Waals surface area (Å²) in [5.74, 6) is 0.517. The quantitative estimate of drug-likeness (QED) is 0.649. The Morgan fingerprint density at radius 3 is 1.95 bits per heavy atom. The Morgan fingerprint density at radius 1 is 0.857 bits per heavy atom. The third-order valence-corrected chi connectivity index (χ3v) is 4.12. The lowest BCUT2D eigenvalue weighted by molar-refractivity contribution is 0.420. The van der Waals surface area contributed by atoms with Gasteiger partial charge in [0.15, 0.2) is 0 Å². The maximum atomic E-state index is 10.8. The van der Waals surface area contributed by atoms with Crippen LogP contribution >= 0.6 is 0 Å². The molecule has 0 saturated carbocycles. The van der Waals surface area contributed by atoms with Crippen molar-refractivity contribution < 1.29 is 5.11 Å². The molecule has 1 aromatic rings. The van der Waals surface area contributed by atoms with Gasteiger partial charge in [-0.05, 0) is 34.8 Å². The van der Waals surface area contributed by atoms with Crippen molar-refractivity contribution >= 4 is 0 Å². The zero-order valence-electron chi connectivity index (χ0n) is 15.1. The monoisotopic (exact) mass is 290 g/mol. The van der Waals surface area contributed by atoms with Gasteiger partial charge in [0.25, 0.3) is 0 Å². The molecule has 120 valence electrons. The van der Waals surface area contributed by atoms with Crippen LogP contribution in [0.5, 0.6) is 5.75 Å². The van der Waals surface area contributed by atoms with Crippen LogP contribution in [0, 0.1) is 0 Å². The molecule has 0 atom stereocenters. The van der Waals surface area contributed by atoms with Gasteiger partial charge in [0.1, 0.15) is 5.75 Å². The highest BCUT2D eigenvalue weighted by Crippen LogP contribution is 2.41. The van der Waals surface area contributed by atoms with Crippen LogP contribution in [0.4, 0.5) is 0 Å². The smallest absolute Gasteiger partial charge is 0.123 e. The Labute approximate surface area is 131 Å². The minimum absolute atomic E-state index is 0.0224. The van der Waals surface area contributed by atoms with Crippen LogP contribution in [0.1, 0.15) is 90.8 Å². The number of benzene rings is 1. The summed E-state index contributed by atoms with van der Waals surface area (Å²) in [5, 5.41) is 10.8. The molecular formula is C20H34O. The molecule has 21 heavy (non-hydrogen) atoms. The van der Waals surface area contributed by atoms with E-state index in [-0.39, 0.29) is 10.8 Å². The molecule has 0 aliphatic carbocycles. The summed E-state index contributed by atoms with van der Waals surface area (Å²) in [6, 6.07) is 4.37. The number of hydrogen-bond donors (Lipinski definition) is 1. The highest BCUT2D eigenvalue weighted by molar-refractivity contribution is 5.51. The molecule has 0 aliphatic rings. The summed E-state index contributed by atoms with van der Waals surface area (Å²) in [5.41, 5.74) is 3.48. The highest BCUT2D eigenvalue weighted by Gasteiger charge is 2.27. The molecule has 0 saturated heterocycles. The van der Waals surface area contributed by atoms with E-state index in [9.17, 15) is 5.11 Å². The minimum atomic E-state index is -0.0230. The van der Waals surface area contributed by atoms with Gasteiger partial charge >= 0.3 is 0 Å². The van der Waals surface area contributed by atoms with Crippen molar-refractivity contribution in [2.75, 3.05) is 0 Å². The lowest BCUT2D eigenvalue weighted by Crippen LogP contribution is -2.19. The van der Waals surface area contributed by atoms with E-state index in [1.165, 1.54) is 31.2 Å². The van der Waals surface area contributed by atoms with Crippen LogP contribution in [0.2, 0.25) is 0 Å². The summed E-state index contributed by atoms with van der Waals surface area (Å²) < 4.78 is 0. The molecule has 0 heterocycles. The summed E-state index contributed by atoms with van der Waals surface area (Å²) in [4.78, 5) is 0. The minimum Gasteiger partial charge on any atom is -0.507 e. The van der Waals surface area contributed by atoms with Crippen LogP contribution in [0.25, 0.3) is 0 Å². The van der Waals surface area contributed by atoms with E-state index in [1.54, 1.807) is 0 Å². The van der Waals surface area contributed by atoms with E-state index in [0.717, 1.165) is 17.5 Å². The zero-order valence-corrected chi connectivity index (χ0v) is 15.1. The topological polar surface area (TPSA) is 20.2 Å². The SMILES string of the molecule is CCCCCCc1ccc(C(C)(C)C)c(O)c1C(C)(C)C. The molecule has 0 radical (unpaired) electrons. The average Bonchev–Trinajstić information content (AvgIpc) is 2.31. The second-order valence-electron chi connectivity index (χ2n) is 8.31. The third kappa shape index (κ3) is 4.76. The van der Waals surface area contributed by atoms with E-state index in [0.29, 0.717) is 5.75 Å². The van der Waals surface area contributed by atoms with Gasteiger partial charge in [-0.2, -0.15) is 0 Å². The van der Waals surface area contributed by atoms with Crippen molar-refractivity contribution in [3.8, 4) is 5.75 Å². The van der Waals surface area contributed by atoms with E-state index in [4.69, 9.17) is 0 Å². The molecule has 0 fully saturated rings. The first-order valence-electron chi connectivity index (χ1n) is 8.44. The summed E-state index contributed by atoms with van der Waals surface area (Å²) in [7, 11) is 0. The van der Waals surface area contributed by atoms with Gasteiger partial charge < -0.3 is 5.11 Å². The van der Waals surface area contributed by atoms with Gasteiger partial charge in [-0.1, -0.05) is 79.9 Å². The maximum Gasteiger partial charge on any atom is 0.123 e. The van der Waals surface area contributed by atoms with E-state index < -0.39 is 0 Å². The molecule has 1 rings (SSSR count). The first-order valence-corrected chi connectivity index (χ1v) is 8.44.